The summed E-state index contributed by atoms with van der Waals surface area (Å²) in [6.07, 6.45) is 10.2. The first kappa shape index (κ1) is 21.0. The van der Waals surface area contributed by atoms with Crippen LogP contribution in [0, 0.1) is 11.8 Å². The summed E-state index contributed by atoms with van der Waals surface area (Å²) >= 11 is 0. The first-order valence-corrected chi connectivity index (χ1v) is 10.5. The van der Waals surface area contributed by atoms with Crippen molar-refractivity contribution in [2.75, 3.05) is 6.54 Å². The second-order valence-corrected chi connectivity index (χ2v) is 8.27. The van der Waals surface area contributed by atoms with Gasteiger partial charge in [-0.2, -0.15) is 0 Å². The summed E-state index contributed by atoms with van der Waals surface area (Å²) in [6.45, 7) is 17.9. The van der Waals surface area contributed by atoms with Gasteiger partial charge in [-0.05, 0) is 48.8 Å². The minimum Gasteiger partial charge on any atom is -0.307 e. The molecule has 154 valence electrons. The van der Waals surface area contributed by atoms with E-state index < -0.39 is 0 Å². The Labute approximate surface area is 174 Å². The van der Waals surface area contributed by atoms with Crippen LogP contribution in [0.25, 0.3) is 11.1 Å². The number of aryl methyl sites for hydroxylation is 1. The third-order valence-corrected chi connectivity index (χ3v) is 5.64. The highest BCUT2D eigenvalue weighted by atomic mass is 16.2. The molecule has 1 aromatic heterocycles. The summed E-state index contributed by atoms with van der Waals surface area (Å²) in [5, 5.41) is 8.90. The summed E-state index contributed by atoms with van der Waals surface area (Å²) < 4.78 is 1.96. The Morgan fingerprint density at radius 1 is 1.34 bits per heavy atom. The zero-order valence-corrected chi connectivity index (χ0v) is 18.1. The maximum atomic E-state index is 13.2. The second-order valence-electron chi connectivity index (χ2n) is 8.27. The van der Waals surface area contributed by atoms with Crippen LogP contribution < -0.4 is 0 Å². The summed E-state index contributed by atoms with van der Waals surface area (Å²) in [5.74, 6) is 1.02. The molecule has 5 heteroatoms. The molecule has 2 aliphatic rings. The van der Waals surface area contributed by atoms with E-state index >= 15 is 0 Å². The molecule has 0 saturated heterocycles. The monoisotopic (exact) mass is 392 g/mol. The number of hydrogen-bond acceptors (Lipinski definition) is 3. The lowest BCUT2D eigenvalue weighted by atomic mass is 9.85. The number of rotatable bonds is 6. The van der Waals surface area contributed by atoms with Crippen LogP contribution in [0.1, 0.15) is 58.3 Å². The van der Waals surface area contributed by atoms with Crippen LogP contribution in [0.5, 0.6) is 0 Å². The lowest BCUT2D eigenvalue weighted by molar-refractivity contribution is -0.129. The average molecular weight is 393 g/mol. The zero-order chi connectivity index (χ0) is 21.1. The second kappa shape index (κ2) is 8.76. The summed E-state index contributed by atoms with van der Waals surface area (Å²) in [6, 6.07) is 0. The van der Waals surface area contributed by atoms with E-state index in [9.17, 15) is 4.79 Å². The Hall–Kier alpha value is -2.69. The third-order valence-electron chi connectivity index (χ3n) is 5.64. The van der Waals surface area contributed by atoms with Crippen LogP contribution in [-0.2, 0) is 11.3 Å². The van der Waals surface area contributed by atoms with Crippen LogP contribution >= 0.6 is 0 Å². The molecule has 0 N–H and O–H groups in total. The first-order valence-electron chi connectivity index (χ1n) is 10.5. The number of amides is 1. The average Bonchev–Trinajstić information content (AvgIpc) is 3.11. The molecule has 1 amide bonds. The van der Waals surface area contributed by atoms with E-state index in [1.807, 2.05) is 9.58 Å². The molecule has 1 aliphatic heterocycles. The highest BCUT2D eigenvalue weighted by Gasteiger charge is 2.31. The molecule has 1 atom stereocenters. The summed E-state index contributed by atoms with van der Waals surface area (Å²) in [5.41, 5.74) is 5.79. The van der Waals surface area contributed by atoms with Gasteiger partial charge >= 0.3 is 0 Å². The lowest BCUT2D eigenvalue weighted by Crippen LogP contribution is -2.34. The molecule has 29 heavy (non-hydrogen) atoms. The molecule has 3 rings (SSSR count). The lowest BCUT2D eigenvalue weighted by Gasteiger charge is -2.31. The van der Waals surface area contributed by atoms with E-state index in [2.05, 4.69) is 63.3 Å². The number of allylic oxidation sites excluding steroid dienone is 5. The molecule has 0 fully saturated rings. The standard InChI is InChI=1S/C24H32N4O/c1-7-19-21(8-2)27(22(29)13-10-16(4)5)15-18-12-11-17(6)14-20(18)24-23(19)25-26-28(24)9-3/h7-8,11-12,16-17H,1-2,9-10,13-15H2,3-6H3/b21-19-. The van der Waals surface area contributed by atoms with Crippen LogP contribution in [0.15, 0.2) is 48.7 Å². The van der Waals surface area contributed by atoms with Gasteiger partial charge in [0.15, 0.2) is 0 Å². The van der Waals surface area contributed by atoms with E-state index in [-0.39, 0.29) is 5.91 Å². The quantitative estimate of drug-likeness (QED) is 0.684. The number of nitrogens with zero attached hydrogens (tertiary/aromatic N) is 4. The Morgan fingerprint density at radius 2 is 2.10 bits per heavy atom. The smallest absolute Gasteiger partial charge is 0.227 e. The van der Waals surface area contributed by atoms with E-state index in [1.165, 1.54) is 5.57 Å². The van der Waals surface area contributed by atoms with Gasteiger partial charge < -0.3 is 4.90 Å². The molecule has 1 aliphatic carbocycles. The van der Waals surface area contributed by atoms with Gasteiger partial charge in [-0.15, -0.1) is 5.10 Å². The molecule has 1 aromatic rings. The van der Waals surface area contributed by atoms with Gasteiger partial charge in [0.25, 0.3) is 0 Å². The predicted molar refractivity (Wildman–Crippen MR) is 119 cm³/mol. The van der Waals surface area contributed by atoms with E-state index in [0.29, 0.717) is 24.8 Å². The van der Waals surface area contributed by atoms with Crippen molar-refractivity contribution in [2.45, 2.75) is 53.5 Å². The molecular formula is C24H32N4O. The highest BCUT2D eigenvalue weighted by Crippen LogP contribution is 2.39. The van der Waals surface area contributed by atoms with Crippen molar-refractivity contribution >= 4 is 17.1 Å². The molecule has 0 radical (unpaired) electrons. The van der Waals surface area contributed by atoms with Crippen LogP contribution in [0.2, 0.25) is 0 Å². The molecule has 2 heterocycles. The van der Waals surface area contributed by atoms with E-state index in [0.717, 1.165) is 47.6 Å². The third kappa shape index (κ3) is 4.04. The fourth-order valence-electron chi connectivity index (χ4n) is 4.03. The van der Waals surface area contributed by atoms with Gasteiger partial charge in [-0.1, -0.05) is 57.4 Å². The van der Waals surface area contributed by atoms with Gasteiger partial charge in [0, 0.05) is 18.5 Å². The molecule has 0 spiro atoms. The highest BCUT2D eigenvalue weighted by molar-refractivity contribution is 5.90. The molecule has 5 nitrogen and oxygen atoms in total. The minimum atomic E-state index is 0.109. The topological polar surface area (TPSA) is 51.0 Å². The number of carbonyl (C=O) groups is 1. The van der Waals surface area contributed by atoms with Gasteiger partial charge in [-0.3, -0.25) is 4.79 Å². The van der Waals surface area contributed by atoms with Gasteiger partial charge in [-0.25, -0.2) is 4.68 Å². The number of carbonyl (C=O) groups excluding carboxylic acids is 1. The van der Waals surface area contributed by atoms with Gasteiger partial charge in [0.2, 0.25) is 5.91 Å². The number of aromatic nitrogens is 3. The van der Waals surface area contributed by atoms with Gasteiger partial charge in [0.1, 0.15) is 5.69 Å². The largest absolute Gasteiger partial charge is 0.307 e. The maximum absolute atomic E-state index is 13.2. The normalized spacial score (nSPS) is 21.6. The van der Waals surface area contributed by atoms with Crippen LogP contribution in [0.4, 0.5) is 0 Å². The fraction of sp³-hybridized carbons (Fsp3) is 0.458. The maximum Gasteiger partial charge on any atom is 0.227 e. The van der Waals surface area contributed by atoms with Crippen molar-refractivity contribution in [3.63, 3.8) is 0 Å². The molecular weight excluding hydrogens is 360 g/mol. The number of hydrogen-bond donors (Lipinski definition) is 0. The Bertz CT molecular complexity index is 913. The summed E-state index contributed by atoms with van der Waals surface area (Å²) in [7, 11) is 0. The van der Waals surface area contributed by atoms with Gasteiger partial charge in [0.05, 0.1) is 17.9 Å². The van der Waals surface area contributed by atoms with E-state index in [4.69, 9.17) is 0 Å². The van der Waals surface area contributed by atoms with E-state index in [1.54, 1.807) is 12.2 Å². The van der Waals surface area contributed by atoms with Crippen molar-refractivity contribution in [3.05, 3.63) is 60.1 Å². The summed E-state index contributed by atoms with van der Waals surface area (Å²) in [4.78, 5) is 15.1. The molecule has 1 unspecified atom stereocenters. The van der Waals surface area contributed by atoms with Crippen LogP contribution in [-0.4, -0.2) is 32.3 Å². The van der Waals surface area contributed by atoms with Crippen molar-refractivity contribution < 1.29 is 4.79 Å². The van der Waals surface area contributed by atoms with Crippen molar-refractivity contribution in [3.8, 4) is 0 Å². The predicted octanol–water partition coefficient (Wildman–Crippen LogP) is 5.01. The Kier molecular flexibility index (Phi) is 6.36. The number of fused-ring (bicyclic) bond motifs is 2. The Balaban J connectivity index is 2.22. The Morgan fingerprint density at radius 3 is 2.72 bits per heavy atom. The molecule has 0 aromatic carbocycles. The fourth-order valence-corrected chi connectivity index (χ4v) is 4.03. The molecule has 0 bridgehead atoms. The zero-order valence-electron chi connectivity index (χ0n) is 18.1. The first-order chi connectivity index (χ1) is 13.9. The molecule has 0 saturated carbocycles. The minimum absolute atomic E-state index is 0.109. The van der Waals surface area contributed by atoms with Crippen LogP contribution in [0.3, 0.4) is 0 Å². The van der Waals surface area contributed by atoms with Crippen molar-refractivity contribution in [1.82, 2.24) is 19.9 Å². The SMILES string of the molecule is C=C/C1=C(\C=C)N(C(=O)CCC(C)C)CC2=C(CC(C)C=C2)c2c1nnn2CC. The van der Waals surface area contributed by atoms with Crippen molar-refractivity contribution in [2.24, 2.45) is 11.8 Å². The van der Waals surface area contributed by atoms with Crippen molar-refractivity contribution in [1.29, 1.82) is 0 Å².